The maximum atomic E-state index is 12.0. The molecule has 0 aromatic carbocycles. The van der Waals surface area contributed by atoms with Gasteiger partial charge in [0.05, 0.1) is 5.69 Å². The topological polar surface area (TPSA) is 46.9 Å². The van der Waals surface area contributed by atoms with Gasteiger partial charge in [-0.25, -0.2) is 4.98 Å². The summed E-state index contributed by atoms with van der Waals surface area (Å²) in [6, 6.07) is 0.263. The number of imidazole rings is 1. The number of rotatable bonds is 3. The molecule has 1 aromatic rings. The Labute approximate surface area is 113 Å². The normalized spacial score (nSPS) is 25.3. The van der Waals surface area contributed by atoms with E-state index in [-0.39, 0.29) is 11.9 Å². The third-order valence-electron chi connectivity index (χ3n) is 4.04. The summed E-state index contributed by atoms with van der Waals surface area (Å²) < 4.78 is 2.18. The Balaban J connectivity index is 1.53. The van der Waals surface area contributed by atoms with Crippen LogP contribution in [0.2, 0.25) is 0 Å². The van der Waals surface area contributed by atoms with E-state index in [4.69, 9.17) is 0 Å². The fraction of sp³-hybridized carbons (Fsp3) is 0.600. The lowest BCUT2D eigenvalue weighted by atomic mass is 10.0. The molecular formula is C15H21N3O. The summed E-state index contributed by atoms with van der Waals surface area (Å²) in [5.41, 5.74) is 1.07. The number of aryl methyl sites for hydroxylation is 2. The molecule has 0 fully saturated rings. The summed E-state index contributed by atoms with van der Waals surface area (Å²) in [6.07, 6.45) is 11.3. The summed E-state index contributed by atoms with van der Waals surface area (Å²) in [5.74, 6) is 1.80. The van der Waals surface area contributed by atoms with Crippen LogP contribution in [-0.2, 0) is 17.8 Å². The van der Waals surface area contributed by atoms with Gasteiger partial charge in [0, 0.05) is 31.6 Å². The Kier molecular flexibility index (Phi) is 3.40. The zero-order chi connectivity index (χ0) is 13.2. The van der Waals surface area contributed by atoms with Crippen LogP contribution in [0.15, 0.2) is 18.3 Å². The average molecular weight is 259 g/mol. The van der Waals surface area contributed by atoms with Gasteiger partial charge >= 0.3 is 0 Å². The number of hydrogen-bond donors (Lipinski definition) is 1. The van der Waals surface area contributed by atoms with Crippen molar-refractivity contribution in [1.82, 2.24) is 14.9 Å². The molecule has 1 aromatic heterocycles. The second-order valence-electron chi connectivity index (χ2n) is 5.72. The maximum Gasteiger partial charge on any atom is 0.220 e. The monoisotopic (exact) mass is 259 g/mol. The predicted molar refractivity (Wildman–Crippen MR) is 73.7 cm³/mol. The van der Waals surface area contributed by atoms with E-state index >= 15 is 0 Å². The lowest BCUT2D eigenvalue weighted by Gasteiger charge is -2.25. The third-order valence-corrected chi connectivity index (χ3v) is 4.04. The molecule has 1 N–H and O–H groups in total. The van der Waals surface area contributed by atoms with E-state index < -0.39 is 0 Å². The van der Waals surface area contributed by atoms with Crippen molar-refractivity contribution in [2.24, 2.45) is 5.92 Å². The summed E-state index contributed by atoms with van der Waals surface area (Å²) in [6.45, 7) is 2.88. The Morgan fingerprint density at radius 2 is 2.42 bits per heavy atom. The molecular weight excluding hydrogens is 238 g/mol. The second-order valence-corrected chi connectivity index (χ2v) is 5.72. The summed E-state index contributed by atoms with van der Waals surface area (Å²) in [4.78, 5) is 16.5. The number of hydrogen-bond acceptors (Lipinski definition) is 2. The number of amides is 1. The van der Waals surface area contributed by atoms with Crippen LogP contribution in [0.3, 0.4) is 0 Å². The molecule has 102 valence electrons. The van der Waals surface area contributed by atoms with Crippen LogP contribution in [0, 0.1) is 12.8 Å². The SMILES string of the molecule is Cc1cn2c(n1)CC[C@H](NC(=O)C[C@H]1C=CCC1)C2. The van der Waals surface area contributed by atoms with Gasteiger partial charge in [-0.1, -0.05) is 12.2 Å². The van der Waals surface area contributed by atoms with Crippen molar-refractivity contribution >= 4 is 5.91 Å². The highest BCUT2D eigenvalue weighted by molar-refractivity contribution is 5.76. The largest absolute Gasteiger partial charge is 0.352 e. The molecule has 0 radical (unpaired) electrons. The minimum atomic E-state index is 0.196. The van der Waals surface area contributed by atoms with Crippen molar-refractivity contribution in [2.75, 3.05) is 0 Å². The van der Waals surface area contributed by atoms with Crippen molar-refractivity contribution in [3.8, 4) is 0 Å². The van der Waals surface area contributed by atoms with Crippen LogP contribution < -0.4 is 5.32 Å². The minimum absolute atomic E-state index is 0.196. The van der Waals surface area contributed by atoms with E-state index in [9.17, 15) is 4.79 Å². The Morgan fingerprint density at radius 1 is 1.53 bits per heavy atom. The molecule has 0 saturated carbocycles. The number of carbonyl (C=O) groups is 1. The Morgan fingerprint density at radius 3 is 3.21 bits per heavy atom. The van der Waals surface area contributed by atoms with Gasteiger partial charge in [0.2, 0.25) is 5.91 Å². The zero-order valence-electron chi connectivity index (χ0n) is 11.4. The van der Waals surface area contributed by atoms with E-state index in [0.717, 1.165) is 43.7 Å². The molecule has 0 spiro atoms. The third kappa shape index (κ3) is 2.88. The summed E-state index contributed by atoms with van der Waals surface area (Å²) >= 11 is 0. The maximum absolute atomic E-state index is 12.0. The van der Waals surface area contributed by atoms with Crippen molar-refractivity contribution < 1.29 is 4.79 Å². The minimum Gasteiger partial charge on any atom is -0.352 e. The van der Waals surface area contributed by atoms with Crippen molar-refractivity contribution in [3.63, 3.8) is 0 Å². The van der Waals surface area contributed by atoms with E-state index in [0.29, 0.717) is 12.3 Å². The van der Waals surface area contributed by atoms with Crippen LogP contribution in [0.4, 0.5) is 0 Å². The highest BCUT2D eigenvalue weighted by Gasteiger charge is 2.22. The number of nitrogens with one attached hydrogen (secondary N) is 1. The smallest absolute Gasteiger partial charge is 0.220 e. The first-order valence-electron chi connectivity index (χ1n) is 7.19. The molecule has 2 heterocycles. The molecule has 3 rings (SSSR count). The van der Waals surface area contributed by atoms with Crippen molar-refractivity contribution in [2.45, 2.75) is 51.6 Å². The highest BCUT2D eigenvalue weighted by atomic mass is 16.1. The van der Waals surface area contributed by atoms with Gasteiger partial charge in [0.15, 0.2) is 0 Å². The van der Waals surface area contributed by atoms with Crippen LogP contribution in [0.5, 0.6) is 0 Å². The first-order valence-corrected chi connectivity index (χ1v) is 7.19. The average Bonchev–Trinajstić information content (AvgIpc) is 2.96. The van der Waals surface area contributed by atoms with Crippen molar-refractivity contribution in [3.05, 3.63) is 29.9 Å². The lowest BCUT2D eigenvalue weighted by Crippen LogP contribution is -2.41. The molecule has 1 amide bonds. The first-order chi connectivity index (χ1) is 9.20. The first kappa shape index (κ1) is 12.5. The fourth-order valence-corrected chi connectivity index (χ4v) is 3.09. The summed E-state index contributed by atoms with van der Waals surface area (Å²) in [7, 11) is 0. The number of carbonyl (C=O) groups excluding carboxylic acids is 1. The van der Waals surface area contributed by atoms with Gasteiger partial charge in [-0.2, -0.15) is 0 Å². The van der Waals surface area contributed by atoms with Crippen LogP contribution in [0.1, 0.15) is 37.2 Å². The molecule has 19 heavy (non-hydrogen) atoms. The van der Waals surface area contributed by atoms with E-state index in [1.807, 2.05) is 6.92 Å². The van der Waals surface area contributed by atoms with Crippen LogP contribution in [0.25, 0.3) is 0 Å². The van der Waals surface area contributed by atoms with E-state index in [1.54, 1.807) is 0 Å². The molecule has 1 aliphatic carbocycles. The Bertz CT molecular complexity index is 503. The quantitative estimate of drug-likeness (QED) is 0.844. The van der Waals surface area contributed by atoms with Crippen LogP contribution in [-0.4, -0.2) is 21.5 Å². The Hall–Kier alpha value is -1.58. The number of allylic oxidation sites excluding steroid dienone is 2. The van der Waals surface area contributed by atoms with E-state index in [2.05, 4.69) is 33.2 Å². The lowest BCUT2D eigenvalue weighted by molar-refractivity contribution is -0.122. The molecule has 2 aliphatic rings. The zero-order valence-corrected chi connectivity index (χ0v) is 11.4. The highest BCUT2D eigenvalue weighted by Crippen LogP contribution is 2.21. The molecule has 0 unspecified atom stereocenters. The molecule has 2 atom stereocenters. The van der Waals surface area contributed by atoms with Gasteiger partial charge in [-0.3, -0.25) is 4.79 Å². The standard InChI is InChI=1S/C15H21N3O/c1-11-9-18-10-13(6-7-14(18)16-11)17-15(19)8-12-4-2-3-5-12/h2,4,9,12-13H,3,5-8,10H2,1H3,(H,17,19)/t12-,13-/m0/s1. The van der Waals surface area contributed by atoms with Crippen molar-refractivity contribution in [1.29, 1.82) is 0 Å². The molecule has 4 nitrogen and oxygen atoms in total. The molecule has 1 aliphatic heterocycles. The molecule has 0 bridgehead atoms. The number of aromatic nitrogens is 2. The molecule has 0 saturated heterocycles. The fourth-order valence-electron chi connectivity index (χ4n) is 3.09. The predicted octanol–water partition coefficient (Wildman–Crippen LogP) is 1.98. The number of fused-ring (bicyclic) bond motifs is 1. The second kappa shape index (κ2) is 5.19. The van der Waals surface area contributed by atoms with Gasteiger partial charge in [-0.05, 0) is 32.1 Å². The van der Waals surface area contributed by atoms with Gasteiger partial charge in [-0.15, -0.1) is 0 Å². The number of nitrogens with zero attached hydrogens (tertiary/aromatic N) is 2. The van der Waals surface area contributed by atoms with E-state index in [1.165, 1.54) is 0 Å². The molecule has 4 heteroatoms. The van der Waals surface area contributed by atoms with Crippen LogP contribution >= 0.6 is 0 Å². The van der Waals surface area contributed by atoms with Gasteiger partial charge < -0.3 is 9.88 Å². The van der Waals surface area contributed by atoms with Gasteiger partial charge in [0.25, 0.3) is 0 Å². The summed E-state index contributed by atoms with van der Waals surface area (Å²) in [5, 5.41) is 3.17. The van der Waals surface area contributed by atoms with Gasteiger partial charge in [0.1, 0.15) is 5.82 Å².